The van der Waals surface area contributed by atoms with Gasteiger partial charge >= 0.3 is 0 Å². The van der Waals surface area contributed by atoms with Gasteiger partial charge in [0.1, 0.15) is 11.6 Å². The van der Waals surface area contributed by atoms with Gasteiger partial charge in [0.15, 0.2) is 5.82 Å². The molecule has 8 nitrogen and oxygen atoms in total. The van der Waals surface area contributed by atoms with Crippen molar-refractivity contribution >= 4 is 5.91 Å². The highest BCUT2D eigenvalue weighted by Gasteiger charge is 2.31. The van der Waals surface area contributed by atoms with Crippen molar-refractivity contribution in [3.63, 3.8) is 0 Å². The third-order valence-electron chi connectivity index (χ3n) is 6.28. The zero-order chi connectivity index (χ0) is 21.8. The summed E-state index contributed by atoms with van der Waals surface area (Å²) in [5.41, 5.74) is 1.19. The quantitative estimate of drug-likeness (QED) is 0.730. The molecule has 1 fully saturated rings. The fourth-order valence-corrected chi connectivity index (χ4v) is 4.39. The highest BCUT2D eigenvalue weighted by Crippen LogP contribution is 2.25. The fraction of sp³-hybridized carbons (Fsp3) is 0.609. The van der Waals surface area contributed by atoms with Gasteiger partial charge in [0.2, 0.25) is 5.91 Å². The number of amides is 1. The number of carbonyl (C=O) groups excluding carboxylic acids is 1. The monoisotopic (exact) mass is 427 g/mol. The van der Waals surface area contributed by atoms with E-state index in [-0.39, 0.29) is 23.8 Å². The van der Waals surface area contributed by atoms with Crippen LogP contribution in [0.5, 0.6) is 5.75 Å². The molecular formula is C23H33N5O3. The summed E-state index contributed by atoms with van der Waals surface area (Å²) in [6, 6.07) is 8.01. The first-order chi connectivity index (χ1) is 15.1. The molecule has 8 heteroatoms. The van der Waals surface area contributed by atoms with Gasteiger partial charge < -0.3 is 19.4 Å². The Morgan fingerprint density at radius 2 is 2.10 bits per heavy atom. The maximum Gasteiger partial charge on any atom is 0.226 e. The number of para-hydroxylation sites is 1. The molecule has 2 aliphatic rings. The van der Waals surface area contributed by atoms with E-state index < -0.39 is 0 Å². The first-order valence-corrected chi connectivity index (χ1v) is 11.2. The SMILES string of the molecule is COc1ccccc1CN1CCc2nnc(C(NC(=O)C3CCOC3)C(C)C)n2CC1. The molecule has 1 aromatic carbocycles. The number of hydrogen-bond donors (Lipinski definition) is 1. The van der Waals surface area contributed by atoms with Crippen molar-refractivity contribution in [1.29, 1.82) is 0 Å². The predicted molar refractivity (Wildman–Crippen MR) is 117 cm³/mol. The second-order valence-corrected chi connectivity index (χ2v) is 8.75. The van der Waals surface area contributed by atoms with Crippen molar-refractivity contribution in [3.05, 3.63) is 41.5 Å². The Balaban J connectivity index is 1.46. The van der Waals surface area contributed by atoms with Gasteiger partial charge in [0.25, 0.3) is 0 Å². The maximum absolute atomic E-state index is 12.7. The largest absolute Gasteiger partial charge is 0.496 e. The van der Waals surface area contributed by atoms with Crippen molar-refractivity contribution in [1.82, 2.24) is 25.0 Å². The standard InChI is InChI=1S/C23H33N5O3/c1-16(2)21(24-23(29)18-9-13-31-15-18)22-26-25-20-8-10-27(11-12-28(20)22)14-17-6-4-5-7-19(17)30-3/h4-7,16,18,21H,8-15H2,1-3H3,(H,24,29). The number of rotatable bonds is 7. The summed E-state index contributed by atoms with van der Waals surface area (Å²) in [5, 5.41) is 12.2. The van der Waals surface area contributed by atoms with Gasteiger partial charge in [-0.3, -0.25) is 9.69 Å². The van der Waals surface area contributed by atoms with E-state index in [2.05, 4.69) is 44.9 Å². The van der Waals surface area contributed by atoms with Crippen LogP contribution in [0.3, 0.4) is 0 Å². The van der Waals surface area contributed by atoms with Gasteiger partial charge in [0.05, 0.1) is 25.7 Å². The van der Waals surface area contributed by atoms with E-state index in [1.807, 2.05) is 18.2 Å². The van der Waals surface area contributed by atoms with Crippen molar-refractivity contribution in [2.45, 2.75) is 45.8 Å². The molecule has 2 atom stereocenters. The minimum absolute atomic E-state index is 0.0555. The van der Waals surface area contributed by atoms with Gasteiger partial charge in [0, 0.05) is 44.8 Å². The number of benzene rings is 1. The van der Waals surface area contributed by atoms with Crippen LogP contribution < -0.4 is 10.1 Å². The first kappa shape index (κ1) is 21.8. The fourth-order valence-electron chi connectivity index (χ4n) is 4.39. The lowest BCUT2D eigenvalue weighted by Crippen LogP contribution is -2.38. The average molecular weight is 428 g/mol. The molecule has 1 N–H and O–H groups in total. The molecule has 0 bridgehead atoms. The van der Waals surface area contributed by atoms with E-state index in [9.17, 15) is 4.79 Å². The molecular weight excluding hydrogens is 394 g/mol. The number of fused-ring (bicyclic) bond motifs is 1. The third kappa shape index (κ3) is 4.91. The van der Waals surface area contributed by atoms with Crippen molar-refractivity contribution in [2.75, 3.05) is 33.4 Å². The molecule has 1 aromatic heterocycles. The van der Waals surface area contributed by atoms with Crippen LogP contribution in [0.4, 0.5) is 0 Å². The summed E-state index contributed by atoms with van der Waals surface area (Å²) in [4.78, 5) is 15.2. The van der Waals surface area contributed by atoms with Crippen LogP contribution in [0, 0.1) is 11.8 Å². The Morgan fingerprint density at radius 3 is 2.84 bits per heavy atom. The normalized spacial score (nSPS) is 20.3. The molecule has 0 aliphatic carbocycles. The molecule has 168 valence electrons. The summed E-state index contributed by atoms with van der Waals surface area (Å²) >= 11 is 0. The van der Waals surface area contributed by atoms with E-state index in [0.717, 1.165) is 56.4 Å². The average Bonchev–Trinajstić information content (AvgIpc) is 3.40. The van der Waals surface area contributed by atoms with Gasteiger partial charge in [-0.1, -0.05) is 32.0 Å². The Labute approximate surface area is 183 Å². The highest BCUT2D eigenvalue weighted by atomic mass is 16.5. The number of carbonyl (C=O) groups is 1. The van der Waals surface area contributed by atoms with Crippen LogP contribution in [0.2, 0.25) is 0 Å². The lowest BCUT2D eigenvalue weighted by atomic mass is 10.0. The van der Waals surface area contributed by atoms with Crippen molar-refractivity contribution < 1.29 is 14.3 Å². The topological polar surface area (TPSA) is 81.5 Å². The summed E-state index contributed by atoms with van der Waals surface area (Å²) < 4.78 is 13.1. The lowest BCUT2D eigenvalue weighted by molar-refractivity contribution is -0.126. The summed E-state index contributed by atoms with van der Waals surface area (Å²) in [6.07, 6.45) is 1.61. The van der Waals surface area contributed by atoms with Gasteiger partial charge in [-0.05, 0) is 18.4 Å². The number of nitrogens with one attached hydrogen (secondary N) is 1. The van der Waals surface area contributed by atoms with E-state index in [1.165, 1.54) is 5.56 Å². The number of ether oxygens (including phenoxy) is 2. The second-order valence-electron chi connectivity index (χ2n) is 8.75. The molecule has 2 aromatic rings. The Kier molecular flexibility index (Phi) is 6.87. The van der Waals surface area contributed by atoms with E-state index >= 15 is 0 Å². The predicted octanol–water partition coefficient (Wildman–Crippen LogP) is 2.19. The number of nitrogens with zero attached hydrogens (tertiary/aromatic N) is 4. The first-order valence-electron chi connectivity index (χ1n) is 11.2. The lowest BCUT2D eigenvalue weighted by Gasteiger charge is -2.24. The molecule has 4 rings (SSSR count). The molecule has 0 spiro atoms. The van der Waals surface area contributed by atoms with Crippen LogP contribution in [0.15, 0.2) is 24.3 Å². The number of methoxy groups -OCH3 is 1. The van der Waals surface area contributed by atoms with Crippen LogP contribution in [-0.4, -0.2) is 59.0 Å². The Morgan fingerprint density at radius 1 is 1.26 bits per heavy atom. The van der Waals surface area contributed by atoms with Crippen LogP contribution in [-0.2, 0) is 29.0 Å². The molecule has 2 unspecified atom stereocenters. The molecule has 1 amide bonds. The minimum Gasteiger partial charge on any atom is -0.496 e. The van der Waals surface area contributed by atoms with Crippen LogP contribution in [0.1, 0.15) is 43.5 Å². The van der Waals surface area contributed by atoms with Crippen LogP contribution in [0.25, 0.3) is 0 Å². The number of hydrogen-bond acceptors (Lipinski definition) is 6. The minimum atomic E-state index is -0.157. The molecule has 1 saturated heterocycles. The summed E-state index contributed by atoms with van der Waals surface area (Å²) in [7, 11) is 1.72. The third-order valence-corrected chi connectivity index (χ3v) is 6.28. The van der Waals surface area contributed by atoms with E-state index in [4.69, 9.17) is 9.47 Å². The highest BCUT2D eigenvalue weighted by molar-refractivity contribution is 5.79. The van der Waals surface area contributed by atoms with E-state index in [1.54, 1.807) is 7.11 Å². The Hall–Kier alpha value is -2.45. The zero-order valence-electron chi connectivity index (χ0n) is 18.7. The smallest absolute Gasteiger partial charge is 0.226 e. The van der Waals surface area contributed by atoms with Crippen molar-refractivity contribution in [2.24, 2.45) is 11.8 Å². The second kappa shape index (κ2) is 9.78. The number of aromatic nitrogens is 3. The van der Waals surface area contributed by atoms with Gasteiger partial charge in [-0.2, -0.15) is 0 Å². The Bertz CT molecular complexity index is 891. The molecule has 2 aliphatic heterocycles. The van der Waals surface area contributed by atoms with E-state index in [0.29, 0.717) is 13.2 Å². The maximum atomic E-state index is 12.7. The van der Waals surface area contributed by atoms with Gasteiger partial charge in [-0.25, -0.2) is 0 Å². The molecule has 0 saturated carbocycles. The zero-order valence-corrected chi connectivity index (χ0v) is 18.7. The summed E-state index contributed by atoms with van der Waals surface area (Å²) in [6.45, 7) is 8.84. The molecule has 0 radical (unpaired) electrons. The molecule has 31 heavy (non-hydrogen) atoms. The van der Waals surface area contributed by atoms with Crippen LogP contribution >= 0.6 is 0 Å². The van der Waals surface area contributed by atoms with Gasteiger partial charge in [-0.15, -0.1) is 10.2 Å². The molecule has 3 heterocycles. The van der Waals surface area contributed by atoms with Crippen molar-refractivity contribution in [3.8, 4) is 5.75 Å². The summed E-state index contributed by atoms with van der Waals surface area (Å²) in [5.74, 6) is 2.97.